The summed E-state index contributed by atoms with van der Waals surface area (Å²) in [7, 11) is 1.97. The Bertz CT molecular complexity index is 510. The van der Waals surface area contributed by atoms with E-state index in [0.29, 0.717) is 5.92 Å². The molecule has 96 valence electrons. The maximum absolute atomic E-state index is 6.28. The van der Waals surface area contributed by atoms with Crippen LogP contribution in [0.4, 0.5) is 0 Å². The number of nitrogens with one attached hydrogen (secondary N) is 1. The molecule has 0 amide bonds. The highest BCUT2D eigenvalue weighted by Gasteiger charge is 2.16. The molecule has 0 saturated carbocycles. The number of thiazole rings is 1. The van der Waals surface area contributed by atoms with Gasteiger partial charge in [0.15, 0.2) is 0 Å². The van der Waals surface area contributed by atoms with Crippen molar-refractivity contribution in [3.63, 3.8) is 0 Å². The summed E-state index contributed by atoms with van der Waals surface area (Å²) in [5.74, 6) is 0.370. The lowest BCUT2D eigenvalue weighted by Crippen LogP contribution is -2.19. The third kappa shape index (κ3) is 3.31. The molecule has 1 heterocycles. The summed E-state index contributed by atoms with van der Waals surface area (Å²) < 4.78 is 0. The molecule has 0 saturated heterocycles. The third-order valence-corrected chi connectivity index (χ3v) is 4.22. The average Bonchev–Trinajstić information content (AvgIpc) is 2.75. The number of hydrogen-bond donors (Lipinski definition) is 1. The molecule has 1 unspecified atom stereocenters. The summed E-state index contributed by atoms with van der Waals surface area (Å²) in [4.78, 5) is 4.54. The molecule has 2 aromatic rings. The van der Waals surface area contributed by atoms with Gasteiger partial charge >= 0.3 is 0 Å². The van der Waals surface area contributed by atoms with Crippen LogP contribution in [0.1, 0.15) is 22.2 Å². The normalized spacial score (nSPS) is 12.6. The summed E-state index contributed by atoms with van der Waals surface area (Å²) in [6, 6.07) is 8.06. The molecular weight excluding hydrogens is 264 g/mol. The Kier molecular flexibility index (Phi) is 4.75. The van der Waals surface area contributed by atoms with Gasteiger partial charge in [0.1, 0.15) is 0 Å². The SMILES string of the molecule is CNCC(Cc1nc(C)cs1)c1ccccc1Cl. The van der Waals surface area contributed by atoms with Crippen molar-refractivity contribution in [2.75, 3.05) is 13.6 Å². The topological polar surface area (TPSA) is 24.9 Å². The maximum Gasteiger partial charge on any atom is 0.0934 e. The van der Waals surface area contributed by atoms with Crippen molar-refractivity contribution < 1.29 is 0 Å². The minimum Gasteiger partial charge on any atom is -0.319 e. The van der Waals surface area contributed by atoms with E-state index in [1.54, 1.807) is 11.3 Å². The van der Waals surface area contributed by atoms with Crippen LogP contribution in [0, 0.1) is 6.92 Å². The molecule has 1 N–H and O–H groups in total. The van der Waals surface area contributed by atoms with Gasteiger partial charge in [-0.2, -0.15) is 0 Å². The lowest BCUT2D eigenvalue weighted by molar-refractivity contribution is 0.624. The molecule has 2 rings (SSSR count). The standard InChI is InChI=1S/C14H17ClN2S/c1-10-9-18-14(17-10)7-11(8-16-2)12-5-3-4-6-13(12)15/h3-6,9,11,16H,7-8H2,1-2H3. The van der Waals surface area contributed by atoms with Gasteiger partial charge in [0, 0.05) is 35.0 Å². The van der Waals surface area contributed by atoms with E-state index in [2.05, 4.69) is 21.7 Å². The van der Waals surface area contributed by atoms with Gasteiger partial charge in [-0.05, 0) is 25.6 Å². The first-order chi connectivity index (χ1) is 8.70. The first-order valence-corrected chi connectivity index (χ1v) is 7.26. The van der Waals surface area contributed by atoms with E-state index >= 15 is 0 Å². The minimum atomic E-state index is 0.370. The summed E-state index contributed by atoms with van der Waals surface area (Å²) in [5.41, 5.74) is 2.29. The van der Waals surface area contributed by atoms with Crippen LogP contribution in [0.15, 0.2) is 29.6 Å². The highest BCUT2D eigenvalue weighted by Crippen LogP contribution is 2.28. The van der Waals surface area contributed by atoms with Gasteiger partial charge in [-0.25, -0.2) is 4.98 Å². The number of likely N-dealkylation sites (N-methyl/N-ethyl adjacent to an activating group) is 1. The molecule has 1 aromatic heterocycles. The van der Waals surface area contributed by atoms with E-state index in [0.717, 1.165) is 23.7 Å². The molecule has 2 nitrogen and oxygen atoms in total. The first kappa shape index (κ1) is 13.5. The van der Waals surface area contributed by atoms with E-state index in [9.17, 15) is 0 Å². The molecule has 1 aromatic carbocycles. The monoisotopic (exact) mass is 280 g/mol. The molecule has 0 radical (unpaired) electrons. The number of aromatic nitrogens is 1. The number of halogens is 1. The number of rotatable bonds is 5. The number of hydrogen-bond acceptors (Lipinski definition) is 3. The van der Waals surface area contributed by atoms with Crippen LogP contribution in [0.2, 0.25) is 5.02 Å². The summed E-state index contributed by atoms with van der Waals surface area (Å²) in [6.07, 6.45) is 0.934. The van der Waals surface area contributed by atoms with Crippen LogP contribution in [0.5, 0.6) is 0 Å². The average molecular weight is 281 g/mol. The van der Waals surface area contributed by atoms with E-state index < -0.39 is 0 Å². The fraction of sp³-hybridized carbons (Fsp3) is 0.357. The second kappa shape index (κ2) is 6.32. The smallest absolute Gasteiger partial charge is 0.0934 e. The molecule has 1 atom stereocenters. The quantitative estimate of drug-likeness (QED) is 0.904. The summed E-state index contributed by atoms with van der Waals surface area (Å²) in [6.45, 7) is 2.94. The predicted octanol–water partition coefficient (Wildman–Crippen LogP) is 3.65. The molecule has 0 aliphatic carbocycles. The zero-order valence-electron chi connectivity index (χ0n) is 10.6. The second-order valence-corrected chi connectivity index (χ2v) is 5.71. The van der Waals surface area contributed by atoms with Gasteiger partial charge in [-0.1, -0.05) is 29.8 Å². The minimum absolute atomic E-state index is 0.370. The number of aryl methyl sites for hydroxylation is 1. The summed E-state index contributed by atoms with van der Waals surface area (Å²) >= 11 is 8.00. The Labute approximate surface area is 117 Å². The van der Waals surface area contributed by atoms with Gasteiger partial charge < -0.3 is 5.32 Å². The van der Waals surface area contributed by atoms with E-state index in [4.69, 9.17) is 11.6 Å². The number of nitrogens with zero attached hydrogens (tertiary/aromatic N) is 1. The molecule has 18 heavy (non-hydrogen) atoms. The molecule has 0 spiro atoms. The highest BCUT2D eigenvalue weighted by molar-refractivity contribution is 7.09. The van der Waals surface area contributed by atoms with Crippen molar-refractivity contribution in [3.8, 4) is 0 Å². The lowest BCUT2D eigenvalue weighted by atomic mass is 9.96. The molecule has 0 aliphatic heterocycles. The van der Waals surface area contributed by atoms with Crippen LogP contribution < -0.4 is 5.32 Å². The van der Waals surface area contributed by atoms with Gasteiger partial charge in [0.05, 0.1) is 5.01 Å². The first-order valence-electron chi connectivity index (χ1n) is 6.00. The Hall–Kier alpha value is -0.900. The van der Waals surface area contributed by atoms with Crippen LogP contribution in [0.25, 0.3) is 0 Å². The van der Waals surface area contributed by atoms with Crippen LogP contribution in [0.3, 0.4) is 0 Å². The highest BCUT2D eigenvalue weighted by atomic mass is 35.5. The van der Waals surface area contributed by atoms with Crippen LogP contribution >= 0.6 is 22.9 Å². The van der Waals surface area contributed by atoms with Gasteiger partial charge in [-0.15, -0.1) is 11.3 Å². The fourth-order valence-electron chi connectivity index (χ4n) is 2.05. The second-order valence-electron chi connectivity index (χ2n) is 4.36. The van der Waals surface area contributed by atoms with Gasteiger partial charge in [0.25, 0.3) is 0 Å². The molecule has 0 fully saturated rings. The Balaban J connectivity index is 2.20. The third-order valence-electron chi connectivity index (χ3n) is 2.88. The van der Waals surface area contributed by atoms with E-state index in [1.807, 2.05) is 32.2 Å². The maximum atomic E-state index is 6.28. The van der Waals surface area contributed by atoms with Crippen LogP contribution in [-0.4, -0.2) is 18.6 Å². The van der Waals surface area contributed by atoms with Crippen molar-refractivity contribution in [2.24, 2.45) is 0 Å². The Morgan fingerprint density at radius 3 is 2.78 bits per heavy atom. The molecule has 4 heteroatoms. The van der Waals surface area contributed by atoms with Crippen molar-refractivity contribution in [1.82, 2.24) is 10.3 Å². The molecule has 0 bridgehead atoms. The largest absolute Gasteiger partial charge is 0.319 e. The van der Waals surface area contributed by atoms with E-state index in [1.165, 1.54) is 10.6 Å². The summed E-state index contributed by atoms with van der Waals surface area (Å²) in [5, 5.41) is 7.35. The van der Waals surface area contributed by atoms with Crippen molar-refractivity contribution in [1.29, 1.82) is 0 Å². The van der Waals surface area contributed by atoms with Gasteiger partial charge in [-0.3, -0.25) is 0 Å². The lowest BCUT2D eigenvalue weighted by Gasteiger charge is -2.17. The Morgan fingerprint density at radius 1 is 1.39 bits per heavy atom. The zero-order valence-corrected chi connectivity index (χ0v) is 12.2. The van der Waals surface area contributed by atoms with Crippen molar-refractivity contribution >= 4 is 22.9 Å². The molecule has 0 aliphatic rings. The molecular formula is C14H17ClN2S. The van der Waals surface area contributed by atoms with Crippen molar-refractivity contribution in [3.05, 3.63) is 50.9 Å². The fourth-order valence-corrected chi connectivity index (χ4v) is 3.20. The predicted molar refractivity (Wildman–Crippen MR) is 78.7 cm³/mol. The zero-order chi connectivity index (χ0) is 13.0. The van der Waals surface area contributed by atoms with Crippen molar-refractivity contribution in [2.45, 2.75) is 19.3 Å². The van der Waals surface area contributed by atoms with Crippen LogP contribution in [-0.2, 0) is 6.42 Å². The Morgan fingerprint density at radius 2 is 2.17 bits per heavy atom. The van der Waals surface area contributed by atoms with Gasteiger partial charge in [0.2, 0.25) is 0 Å². The van der Waals surface area contributed by atoms with E-state index in [-0.39, 0.29) is 0 Å². The number of benzene rings is 1.